The first-order valence-corrected chi connectivity index (χ1v) is 7.46. The van der Waals surface area contributed by atoms with Crippen LogP contribution in [0.2, 0.25) is 0 Å². The summed E-state index contributed by atoms with van der Waals surface area (Å²) >= 11 is 0. The molecule has 1 heterocycles. The number of nitrogens with one attached hydrogen (secondary N) is 2. The number of benzene rings is 1. The topological polar surface area (TPSA) is 85.9 Å². The second-order valence-electron chi connectivity index (χ2n) is 5.30. The lowest BCUT2D eigenvalue weighted by Gasteiger charge is -2.16. The van der Waals surface area contributed by atoms with Gasteiger partial charge in [-0.2, -0.15) is 0 Å². The van der Waals surface area contributed by atoms with E-state index in [9.17, 15) is 9.59 Å². The van der Waals surface area contributed by atoms with E-state index in [-0.39, 0.29) is 29.9 Å². The summed E-state index contributed by atoms with van der Waals surface area (Å²) in [4.78, 5) is 24.0. The summed E-state index contributed by atoms with van der Waals surface area (Å²) in [6.07, 6.45) is 2.43. The Morgan fingerprint density at radius 1 is 1.25 bits per heavy atom. The van der Waals surface area contributed by atoms with Gasteiger partial charge in [0.1, 0.15) is 0 Å². The number of esters is 1. The highest BCUT2D eigenvalue weighted by Crippen LogP contribution is 2.37. The number of anilines is 1. The number of hydrogen-bond acceptors (Lipinski definition) is 6. The van der Waals surface area contributed by atoms with Gasteiger partial charge in [-0.15, -0.1) is 12.4 Å². The van der Waals surface area contributed by atoms with Crippen LogP contribution in [-0.4, -0.2) is 45.8 Å². The molecule has 8 heteroatoms. The van der Waals surface area contributed by atoms with Crippen molar-refractivity contribution >= 4 is 30.0 Å². The molecular formula is C16H23ClN2O5. The largest absolute Gasteiger partial charge is 0.493 e. The molecule has 2 rings (SSSR count). The molecule has 2 N–H and O–H groups in total. The molecule has 0 radical (unpaired) electrons. The van der Waals surface area contributed by atoms with Gasteiger partial charge in [-0.25, -0.2) is 4.79 Å². The van der Waals surface area contributed by atoms with E-state index in [1.54, 1.807) is 0 Å². The third-order valence-corrected chi connectivity index (χ3v) is 3.77. The van der Waals surface area contributed by atoms with Crippen molar-refractivity contribution in [1.82, 2.24) is 5.32 Å². The molecule has 1 saturated heterocycles. The lowest BCUT2D eigenvalue weighted by Crippen LogP contribution is -2.27. The number of carbonyl (C=O) groups is 2. The van der Waals surface area contributed by atoms with E-state index in [1.807, 2.05) is 0 Å². The number of rotatable bonds is 6. The van der Waals surface area contributed by atoms with Crippen LogP contribution in [0.4, 0.5) is 5.69 Å². The number of methoxy groups -OCH3 is 3. The Balaban J connectivity index is 0.00000288. The average Bonchev–Trinajstić information content (AvgIpc) is 3.05. The van der Waals surface area contributed by atoms with Gasteiger partial charge in [-0.05, 0) is 31.5 Å². The Morgan fingerprint density at radius 3 is 2.54 bits per heavy atom. The minimum absolute atomic E-state index is 0. The van der Waals surface area contributed by atoms with Gasteiger partial charge in [0.25, 0.3) is 0 Å². The Kier molecular flexibility index (Phi) is 7.81. The third kappa shape index (κ3) is 4.75. The zero-order valence-corrected chi connectivity index (χ0v) is 14.8. The van der Waals surface area contributed by atoms with Crippen molar-refractivity contribution in [2.45, 2.75) is 25.3 Å². The first-order chi connectivity index (χ1) is 11.1. The first-order valence-electron chi connectivity index (χ1n) is 7.46. The standard InChI is InChI=1S/C16H22N2O5.ClH/c1-21-13-8-10(16(20)23-3)7-12(15(13)22-2)18-14(19)9-11-5-4-6-17-11;/h7-8,11,17H,4-6,9H2,1-3H3,(H,18,19);1H. The summed E-state index contributed by atoms with van der Waals surface area (Å²) < 4.78 is 15.2. The van der Waals surface area contributed by atoms with E-state index >= 15 is 0 Å². The van der Waals surface area contributed by atoms with Crippen molar-refractivity contribution in [2.75, 3.05) is 33.2 Å². The van der Waals surface area contributed by atoms with Crippen LogP contribution in [0.15, 0.2) is 12.1 Å². The van der Waals surface area contributed by atoms with Crippen molar-refractivity contribution < 1.29 is 23.8 Å². The summed E-state index contributed by atoms with van der Waals surface area (Å²) in [6.45, 7) is 0.937. The van der Waals surface area contributed by atoms with E-state index in [0.29, 0.717) is 23.6 Å². The zero-order valence-electron chi connectivity index (χ0n) is 14.0. The summed E-state index contributed by atoms with van der Waals surface area (Å²) in [5.41, 5.74) is 0.662. The molecule has 1 aromatic rings. The monoisotopic (exact) mass is 358 g/mol. The van der Waals surface area contributed by atoms with Crippen LogP contribution in [-0.2, 0) is 9.53 Å². The fraction of sp³-hybridized carbons (Fsp3) is 0.500. The molecule has 0 spiro atoms. The number of ether oxygens (including phenoxy) is 3. The van der Waals surface area contributed by atoms with Gasteiger partial charge < -0.3 is 24.8 Å². The Bertz CT molecular complexity index is 588. The zero-order chi connectivity index (χ0) is 16.8. The van der Waals surface area contributed by atoms with Gasteiger partial charge in [-0.3, -0.25) is 4.79 Å². The van der Waals surface area contributed by atoms with Gasteiger partial charge in [0.2, 0.25) is 5.91 Å². The average molecular weight is 359 g/mol. The van der Waals surface area contributed by atoms with E-state index in [4.69, 9.17) is 14.2 Å². The molecule has 1 atom stereocenters. The molecule has 24 heavy (non-hydrogen) atoms. The molecule has 1 aliphatic rings. The number of carbonyl (C=O) groups excluding carboxylic acids is 2. The molecule has 1 amide bonds. The van der Waals surface area contributed by atoms with Crippen LogP contribution in [0.3, 0.4) is 0 Å². The molecule has 7 nitrogen and oxygen atoms in total. The normalized spacial score (nSPS) is 16.0. The van der Waals surface area contributed by atoms with Crippen molar-refractivity contribution in [1.29, 1.82) is 0 Å². The van der Waals surface area contributed by atoms with Crippen LogP contribution in [0.5, 0.6) is 11.5 Å². The summed E-state index contributed by atoms with van der Waals surface area (Å²) in [7, 11) is 4.24. The van der Waals surface area contributed by atoms with Crippen molar-refractivity contribution in [3.63, 3.8) is 0 Å². The molecule has 0 aromatic heterocycles. The fourth-order valence-electron chi connectivity index (χ4n) is 2.65. The van der Waals surface area contributed by atoms with E-state index in [0.717, 1.165) is 19.4 Å². The van der Waals surface area contributed by atoms with Crippen molar-refractivity contribution in [3.8, 4) is 11.5 Å². The summed E-state index contributed by atoms with van der Waals surface area (Å²) in [5, 5.41) is 6.06. The Hall–Kier alpha value is -1.99. The summed E-state index contributed by atoms with van der Waals surface area (Å²) in [6, 6.07) is 3.22. The van der Waals surface area contributed by atoms with Crippen LogP contribution in [0, 0.1) is 0 Å². The van der Waals surface area contributed by atoms with Gasteiger partial charge in [0, 0.05) is 12.5 Å². The Labute approximate surface area is 147 Å². The smallest absolute Gasteiger partial charge is 0.338 e. The van der Waals surface area contributed by atoms with Crippen LogP contribution in [0.25, 0.3) is 0 Å². The fourth-order valence-corrected chi connectivity index (χ4v) is 2.65. The van der Waals surface area contributed by atoms with Gasteiger partial charge in [0.15, 0.2) is 11.5 Å². The number of halogens is 1. The van der Waals surface area contributed by atoms with Crippen LogP contribution < -0.4 is 20.1 Å². The van der Waals surface area contributed by atoms with Gasteiger partial charge in [-0.1, -0.05) is 0 Å². The van der Waals surface area contributed by atoms with Crippen LogP contribution >= 0.6 is 12.4 Å². The lowest BCUT2D eigenvalue weighted by molar-refractivity contribution is -0.116. The second-order valence-corrected chi connectivity index (χ2v) is 5.30. The molecule has 0 aliphatic carbocycles. The van der Waals surface area contributed by atoms with Gasteiger partial charge >= 0.3 is 5.97 Å². The van der Waals surface area contributed by atoms with E-state index < -0.39 is 5.97 Å². The van der Waals surface area contributed by atoms with Crippen molar-refractivity contribution in [2.24, 2.45) is 0 Å². The molecule has 0 bridgehead atoms. The van der Waals surface area contributed by atoms with E-state index in [2.05, 4.69) is 10.6 Å². The molecule has 1 aromatic carbocycles. The highest BCUT2D eigenvalue weighted by atomic mass is 35.5. The molecule has 0 saturated carbocycles. The maximum absolute atomic E-state index is 12.2. The minimum atomic E-state index is -0.515. The summed E-state index contributed by atoms with van der Waals surface area (Å²) in [5.74, 6) is 0.0586. The third-order valence-electron chi connectivity index (χ3n) is 3.77. The molecular weight excluding hydrogens is 336 g/mol. The van der Waals surface area contributed by atoms with Gasteiger partial charge in [0.05, 0.1) is 32.6 Å². The Morgan fingerprint density at radius 2 is 2.00 bits per heavy atom. The van der Waals surface area contributed by atoms with Crippen molar-refractivity contribution in [3.05, 3.63) is 17.7 Å². The predicted molar refractivity (Wildman–Crippen MR) is 92.4 cm³/mol. The minimum Gasteiger partial charge on any atom is -0.493 e. The molecule has 1 unspecified atom stereocenters. The SMILES string of the molecule is COC(=O)c1cc(NC(=O)CC2CCCN2)c(OC)c(OC)c1.Cl. The quantitative estimate of drug-likeness (QED) is 0.756. The highest BCUT2D eigenvalue weighted by Gasteiger charge is 2.21. The molecule has 1 aliphatic heterocycles. The molecule has 134 valence electrons. The highest BCUT2D eigenvalue weighted by molar-refractivity contribution is 5.97. The predicted octanol–water partition coefficient (Wildman–Crippen LogP) is 1.99. The maximum Gasteiger partial charge on any atom is 0.338 e. The van der Waals surface area contributed by atoms with E-state index in [1.165, 1.54) is 33.5 Å². The van der Waals surface area contributed by atoms with Crippen LogP contribution in [0.1, 0.15) is 29.6 Å². The second kappa shape index (κ2) is 9.34. The first kappa shape index (κ1) is 20.1. The lowest BCUT2D eigenvalue weighted by atomic mass is 10.1. The molecule has 1 fully saturated rings. The number of amides is 1. The maximum atomic E-state index is 12.2. The number of hydrogen-bond donors (Lipinski definition) is 2.